The van der Waals surface area contributed by atoms with E-state index in [4.69, 9.17) is 10.5 Å². The van der Waals surface area contributed by atoms with Crippen LogP contribution in [0.2, 0.25) is 0 Å². The Hall–Kier alpha value is -2.11. The third kappa shape index (κ3) is 4.50. The quantitative estimate of drug-likeness (QED) is 0.754. The van der Waals surface area contributed by atoms with Crippen LogP contribution in [0.3, 0.4) is 0 Å². The SMILES string of the molecule is CNC1CCC(NCc2cc(-c3ccc(N)nc3)ccc2OC)CC1. The van der Waals surface area contributed by atoms with Crippen molar-refractivity contribution in [1.29, 1.82) is 0 Å². The van der Waals surface area contributed by atoms with Gasteiger partial charge in [0, 0.05) is 36.0 Å². The fraction of sp³-hybridized carbons (Fsp3) is 0.450. The zero-order chi connectivity index (χ0) is 17.6. The molecule has 0 radical (unpaired) electrons. The fourth-order valence-electron chi connectivity index (χ4n) is 3.51. The molecule has 0 unspecified atom stereocenters. The molecule has 3 rings (SSSR count). The predicted molar refractivity (Wildman–Crippen MR) is 103 cm³/mol. The number of aromatic nitrogens is 1. The highest BCUT2D eigenvalue weighted by atomic mass is 16.5. The highest BCUT2D eigenvalue weighted by Crippen LogP contribution is 2.27. The summed E-state index contributed by atoms with van der Waals surface area (Å²) in [5.74, 6) is 1.46. The summed E-state index contributed by atoms with van der Waals surface area (Å²) in [6.07, 6.45) is 6.73. The van der Waals surface area contributed by atoms with Gasteiger partial charge in [0.2, 0.25) is 0 Å². The van der Waals surface area contributed by atoms with E-state index in [2.05, 4.69) is 34.8 Å². The molecule has 0 aliphatic heterocycles. The monoisotopic (exact) mass is 340 g/mol. The highest BCUT2D eigenvalue weighted by molar-refractivity contribution is 5.65. The first kappa shape index (κ1) is 17.7. The summed E-state index contributed by atoms with van der Waals surface area (Å²) in [7, 11) is 3.78. The smallest absolute Gasteiger partial charge is 0.123 e. The van der Waals surface area contributed by atoms with Gasteiger partial charge in [0.1, 0.15) is 11.6 Å². The molecule has 0 spiro atoms. The lowest BCUT2D eigenvalue weighted by Gasteiger charge is -2.29. The molecular weight excluding hydrogens is 312 g/mol. The van der Waals surface area contributed by atoms with Crippen LogP contribution in [0, 0.1) is 0 Å². The number of pyridine rings is 1. The number of hydrogen-bond acceptors (Lipinski definition) is 5. The minimum Gasteiger partial charge on any atom is -0.496 e. The number of ether oxygens (including phenoxy) is 1. The van der Waals surface area contributed by atoms with Crippen LogP contribution in [0.1, 0.15) is 31.2 Å². The summed E-state index contributed by atoms with van der Waals surface area (Å²) in [6, 6.07) is 11.4. The van der Waals surface area contributed by atoms with Gasteiger partial charge in [-0.05, 0) is 62.6 Å². The summed E-state index contributed by atoms with van der Waals surface area (Å²) in [5.41, 5.74) is 9.05. The molecule has 4 N–H and O–H groups in total. The molecule has 1 aromatic carbocycles. The van der Waals surface area contributed by atoms with Crippen molar-refractivity contribution in [2.75, 3.05) is 19.9 Å². The summed E-state index contributed by atoms with van der Waals surface area (Å²) >= 11 is 0. The molecule has 1 fully saturated rings. The van der Waals surface area contributed by atoms with Crippen molar-refractivity contribution in [1.82, 2.24) is 15.6 Å². The number of nitrogen functional groups attached to an aromatic ring is 1. The van der Waals surface area contributed by atoms with Gasteiger partial charge in [-0.3, -0.25) is 0 Å². The molecule has 1 aliphatic rings. The Morgan fingerprint density at radius 1 is 1.08 bits per heavy atom. The molecule has 25 heavy (non-hydrogen) atoms. The van der Waals surface area contributed by atoms with E-state index >= 15 is 0 Å². The summed E-state index contributed by atoms with van der Waals surface area (Å²) in [5, 5.41) is 7.09. The molecule has 134 valence electrons. The molecular formula is C20H28N4O. The van der Waals surface area contributed by atoms with Gasteiger partial charge in [-0.2, -0.15) is 0 Å². The Morgan fingerprint density at radius 2 is 1.80 bits per heavy atom. The molecule has 0 saturated heterocycles. The molecule has 1 aliphatic carbocycles. The zero-order valence-corrected chi connectivity index (χ0v) is 15.1. The van der Waals surface area contributed by atoms with Crippen LogP contribution in [-0.2, 0) is 6.54 Å². The normalized spacial score (nSPS) is 20.4. The lowest BCUT2D eigenvalue weighted by Crippen LogP contribution is -2.38. The summed E-state index contributed by atoms with van der Waals surface area (Å²) < 4.78 is 5.54. The molecule has 0 atom stereocenters. The van der Waals surface area contributed by atoms with Crippen LogP contribution < -0.4 is 21.1 Å². The maximum atomic E-state index is 5.68. The van der Waals surface area contributed by atoms with Crippen LogP contribution >= 0.6 is 0 Å². The van der Waals surface area contributed by atoms with Crippen molar-refractivity contribution >= 4 is 5.82 Å². The average Bonchev–Trinajstić information content (AvgIpc) is 2.67. The number of methoxy groups -OCH3 is 1. The number of nitrogens with zero attached hydrogens (tertiary/aromatic N) is 1. The predicted octanol–water partition coefficient (Wildman–Crippen LogP) is 2.96. The van der Waals surface area contributed by atoms with Crippen LogP contribution in [0.5, 0.6) is 5.75 Å². The first-order chi connectivity index (χ1) is 12.2. The Bertz CT molecular complexity index is 679. The standard InChI is InChI=1S/C20H28N4O/c1-22-17-5-7-18(8-6-17)23-13-16-11-14(3-9-19(16)25-2)15-4-10-20(21)24-12-15/h3-4,9-12,17-18,22-23H,5-8,13H2,1-2H3,(H2,21,24). The van der Waals surface area contributed by atoms with E-state index in [1.807, 2.05) is 24.4 Å². The zero-order valence-electron chi connectivity index (χ0n) is 15.1. The van der Waals surface area contributed by atoms with Crippen LogP contribution in [0.25, 0.3) is 11.1 Å². The van der Waals surface area contributed by atoms with E-state index in [0.29, 0.717) is 17.9 Å². The average molecular weight is 340 g/mol. The van der Waals surface area contributed by atoms with E-state index in [1.54, 1.807) is 7.11 Å². The van der Waals surface area contributed by atoms with Crippen LogP contribution in [0.4, 0.5) is 5.82 Å². The number of nitrogens with two attached hydrogens (primary N) is 1. The number of hydrogen-bond donors (Lipinski definition) is 3. The third-order valence-electron chi connectivity index (χ3n) is 5.12. The van der Waals surface area contributed by atoms with Crippen molar-refractivity contribution in [3.05, 3.63) is 42.1 Å². The van der Waals surface area contributed by atoms with Crippen molar-refractivity contribution in [2.45, 2.75) is 44.3 Å². The number of rotatable bonds is 6. The second-order valence-corrected chi connectivity index (χ2v) is 6.72. The molecule has 1 heterocycles. The van der Waals surface area contributed by atoms with E-state index < -0.39 is 0 Å². The van der Waals surface area contributed by atoms with E-state index in [1.165, 1.54) is 31.2 Å². The maximum absolute atomic E-state index is 5.68. The van der Waals surface area contributed by atoms with E-state index in [-0.39, 0.29) is 0 Å². The lowest BCUT2D eigenvalue weighted by molar-refractivity contribution is 0.315. The van der Waals surface area contributed by atoms with Gasteiger partial charge in [-0.1, -0.05) is 6.07 Å². The lowest BCUT2D eigenvalue weighted by atomic mass is 9.91. The number of benzene rings is 1. The summed E-state index contributed by atoms with van der Waals surface area (Å²) in [6.45, 7) is 0.814. The first-order valence-corrected chi connectivity index (χ1v) is 8.99. The Morgan fingerprint density at radius 3 is 2.44 bits per heavy atom. The van der Waals surface area contributed by atoms with Crippen molar-refractivity contribution in [3.63, 3.8) is 0 Å². The van der Waals surface area contributed by atoms with Gasteiger partial charge in [-0.15, -0.1) is 0 Å². The van der Waals surface area contributed by atoms with Crippen molar-refractivity contribution in [3.8, 4) is 16.9 Å². The number of nitrogens with one attached hydrogen (secondary N) is 2. The maximum Gasteiger partial charge on any atom is 0.123 e. The fourth-order valence-corrected chi connectivity index (χ4v) is 3.51. The highest BCUT2D eigenvalue weighted by Gasteiger charge is 2.19. The van der Waals surface area contributed by atoms with Crippen molar-refractivity contribution < 1.29 is 4.74 Å². The molecule has 1 aromatic heterocycles. The largest absolute Gasteiger partial charge is 0.496 e. The van der Waals surface area contributed by atoms with E-state index in [9.17, 15) is 0 Å². The van der Waals surface area contributed by atoms with Crippen molar-refractivity contribution in [2.24, 2.45) is 0 Å². The van der Waals surface area contributed by atoms with Gasteiger partial charge < -0.3 is 21.1 Å². The topological polar surface area (TPSA) is 72.2 Å². The van der Waals surface area contributed by atoms with Crippen LogP contribution in [-0.4, -0.2) is 31.2 Å². The molecule has 0 bridgehead atoms. The second kappa shape index (κ2) is 8.32. The third-order valence-corrected chi connectivity index (χ3v) is 5.12. The minimum atomic E-state index is 0.538. The van der Waals surface area contributed by atoms with Gasteiger partial charge in [0.25, 0.3) is 0 Å². The first-order valence-electron chi connectivity index (χ1n) is 8.99. The minimum absolute atomic E-state index is 0.538. The molecule has 1 saturated carbocycles. The van der Waals surface area contributed by atoms with Gasteiger partial charge in [-0.25, -0.2) is 4.98 Å². The van der Waals surface area contributed by atoms with Gasteiger partial charge in [0.15, 0.2) is 0 Å². The Kier molecular flexibility index (Phi) is 5.89. The molecule has 5 heteroatoms. The Balaban J connectivity index is 1.69. The second-order valence-electron chi connectivity index (χ2n) is 6.72. The van der Waals surface area contributed by atoms with E-state index in [0.717, 1.165) is 23.4 Å². The van der Waals surface area contributed by atoms with Gasteiger partial charge in [0.05, 0.1) is 7.11 Å². The molecule has 2 aromatic rings. The van der Waals surface area contributed by atoms with Gasteiger partial charge >= 0.3 is 0 Å². The molecule has 5 nitrogen and oxygen atoms in total. The summed E-state index contributed by atoms with van der Waals surface area (Å²) in [4.78, 5) is 4.19. The van der Waals surface area contributed by atoms with Crippen LogP contribution in [0.15, 0.2) is 36.5 Å². The number of anilines is 1. The Labute approximate surface area is 150 Å². The molecule has 0 amide bonds.